The predicted octanol–water partition coefficient (Wildman–Crippen LogP) is 0.453. The van der Waals surface area contributed by atoms with Crippen molar-refractivity contribution < 1.29 is 67.7 Å². The molecule has 0 aliphatic carbocycles. The average Bonchev–Trinajstić information content (AvgIpc) is 2.29. The number of carbonyl (C=O) groups is 1. The van der Waals surface area contributed by atoms with E-state index in [-0.39, 0.29) is 58.2 Å². The molecule has 0 saturated carbocycles. The van der Waals surface area contributed by atoms with Crippen LogP contribution in [0.25, 0.3) is 5.57 Å². The van der Waals surface area contributed by atoms with E-state index in [2.05, 4.69) is 18.0 Å². The molecule has 1 atom stereocenters. The molecule has 94 valence electrons. The summed E-state index contributed by atoms with van der Waals surface area (Å²) < 4.78 is 5.01. The number of hydrogen-bond acceptors (Lipinski definition) is 2. The van der Waals surface area contributed by atoms with Crippen molar-refractivity contribution in [2.75, 3.05) is 5.32 Å². The molecule has 2 radical (unpaired) electrons. The van der Waals surface area contributed by atoms with E-state index in [9.17, 15) is 4.79 Å². The van der Waals surface area contributed by atoms with Crippen LogP contribution in [-0.2, 0) is 10.2 Å². The second kappa shape index (κ2) is 7.77. The molecule has 1 aromatic carbocycles. The second-order valence-corrected chi connectivity index (χ2v) is 4.06. The third kappa shape index (κ3) is 4.28. The first kappa shape index (κ1) is 19.1. The van der Waals surface area contributed by atoms with Crippen LogP contribution in [0.4, 0.5) is 10.5 Å². The van der Waals surface area contributed by atoms with Gasteiger partial charge in [-0.25, -0.2) is 4.79 Å². The summed E-state index contributed by atoms with van der Waals surface area (Å²) >= 11 is 0. The van der Waals surface area contributed by atoms with E-state index in [1.807, 2.05) is 20.8 Å². The molecule has 2 rings (SSSR count). The molecule has 5 heteroatoms. The van der Waals surface area contributed by atoms with E-state index in [1.54, 1.807) is 19.1 Å². The summed E-state index contributed by atoms with van der Waals surface area (Å²) in [5, 5.41) is 2.64. The molecule has 19 heavy (non-hydrogen) atoms. The zero-order valence-electron chi connectivity index (χ0n) is 12.3. The second-order valence-electron chi connectivity index (χ2n) is 4.06. The van der Waals surface area contributed by atoms with Gasteiger partial charge in [-0.1, -0.05) is 32.0 Å². The van der Waals surface area contributed by atoms with Gasteiger partial charge in [-0.15, -0.1) is 17.7 Å². The average molecular weight is 328 g/mol. The van der Waals surface area contributed by atoms with E-state index < -0.39 is 11.6 Å². The third-order valence-corrected chi connectivity index (χ3v) is 2.52. The Kier molecular flexibility index (Phi) is 7.81. The number of allylic oxidation sites excluding steroid dienone is 1. The van der Waals surface area contributed by atoms with Gasteiger partial charge in [-0.2, -0.15) is 18.2 Å². The summed E-state index contributed by atoms with van der Waals surface area (Å²) in [6.45, 7) is 11.4. The van der Waals surface area contributed by atoms with Crippen molar-refractivity contribution in [2.45, 2.75) is 33.2 Å². The molecule has 1 amide bonds. The van der Waals surface area contributed by atoms with Crippen LogP contribution in [0.15, 0.2) is 18.7 Å². The van der Waals surface area contributed by atoms with Crippen molar-refractivity contribution in [3.8, 4) is 0 Å². The Morgan fingerprint density at radius 2 is 2.05 bits per heavy atom. The molecule has 1 aliphatic heterocycles. The minimum Gasteiger partial charge on any atom is -0.461 e. The summed E-state index contributed by atoms with van der Waals surface area (Å²) in [5.74, 6) is 0. The van der Waals surface area contributed by atoms with Crippen LogP contribution in [0, 0.1) is 6.07 Å². The normalized spacial score (nSPS) is 19.7. The summed E-state index contributed by atoms with van der Waals surface area (Å²) in [6, 6.07) is 6.45. The molecular weight excluding hydrogens is 310 g/mol. The Balaban J connectivity index is 0.00000103. The molecule has 1 aromatic rings. The molecule has 1 unspecified atom stereocenters. The Bertz CT molecular complexity index is 486. The van der Waals surface area contributed by atoms with Crippen LogP contribution in [0.2, 0.25) is 0 Å². The fourth-order valence-electron chi connectivity index (χ4n) is 1.74. The molecule has 1 N–H and O–H groups in total. The van der Waals surface area contributed by atoms with E-state index in [0.717, 1.165) is 11.1 Å². The molecule has 0 saturated heterocycles. The van der Waals surface area contributed by atoms with Gasteiger partial charge in [0.05, 0.1) is 5.50 Å². The van der Waals surface area contributed by atoms with Gasteiger partial charge >= 0.3 is 64.3 Å². The molecular formula is C14H17BNO2Rb. The first-order valence-electron chi connectivity index (χ1n) is 5.91. The maximum Gasteiger partial charge on any atom is 1.00 e. The van der Waals surface area contributed by atoms with Crippen molar-refractivity contribution >= 4 is 25.2 Å². The zero-order chi connectivity index (χ0) is 13.9. The number of nitrogens with one attached hydrogen (secondary N) is 1. The molecule has 0 bridgehead atoms. The quantitative estimate of drug-likeness (QED) is 0.601. The number of amides is 1. The maximum absolute atomic E-state index is 11.4. The Hall–Kier alpha value is 0.100. The first-order valence-corrected chi connectivity index (χ1v) is 5.91. The van der Waals surface area contributed by atoms with Gasteiger partial charge in [0.15, 0.2) is 0 Å². The number of hydrogen-bond donors (Lipinski definition) is 1. The molecule has 0 aromatic heterocycles. The molecule has 0 fully saturated rings. The number of rotatable bonds is 1. The van der Waals surface area contributed by atoms with E-state index in [0.29, 0.717) is 11.3 Å². The van der Waals surface area contributed by atoms with Crippen LogP contribution < -0.4 is 63.5 Å². The topological polar surface area (TPSA) is 38.3 Å². The SMILES string of the molecule is CC.[B]C1(C)OC(=O)Nc2c(C(=C)C)c[c-]cc21.[Rb+]. The molecule has 0 spiro atoms. The van der Waals surface area contributed by atoms with E-state index in [4.69, 9.17) is 12.6 Å². The van der Waals surface area contributed by atoms with Gasteiger partial charge in [0, 0.05) is 0 Å². The van der Waals surface area contributed by atoms with E-state index in [1.165, 1.54) is 0 Å². The smallest absolute Gasteiger partial charge is 0.461 e. The van der Waals surface area contributed by atoms with E-state index >= 15 is 0 Å². The fraction of sp³-hybridized carbons (Fsp3) is 0.357. The zero-order valence-corrected chi connectivity index (χ0v) is 17.2. The Labute approximate surface area is 165 Å². The Morgan fingerprint density at radius 3 is 2.58 bits per heavy atom. The first-order chi connectivity index (χ1) is 8.42. The number of benzene rings is 1. The summed E-state index contributed by atoms with van der Waals surface area (Å²) in [7, 11) is 5.92. The van der Waals surface area contributed by atoms with Crippen molar-refractivity contribution in [1.29, 1.82) is 0 Å². The van der Waals surface area contributed by atoms with Crippen LogP contribution in [0.1, 0.15) is 38.8 Å². The van der Waals surface area contributed by atoms with Gasteiger partial charge in [-0.3, -0.25) is 0 Å². The van der Waals surface area contributed by atoms with Gasteiger partial charge in [0.1, 0.15) is 7.85 Å². The van der Waals surface area contributed by atoms with Gasteiger partial charge in [0.25, 0.3) is 0 Å². The van der Waals surface area contributed by atoms with Crippen molar-refractivity contribution in [3.05, 3.63) is 35.9 Å². The number of fused-ring (bicyclic) bond motifs is 1. The fourth-order valence-corrected chi connectivity index (χ4v) is 1.74. The van der Waals surface area contributed by atoms with Crippen molar-refractivity contribution in [3.63, 3.8) is 0 Å². The van der Waals surface area contributed by atoms with Gasteiger partial charge in [0.2, 0.25) is 0 Å². The van der Waals surface area contributed by atoms with Crippen LogP contribution in [0.3, 0.4) is 0 Å². The molecule has 1 heterocycles. The monoisotopic (exact) mass is 327 g/mol. The number of ether oxygens (including phenoxy) is 1. The van der Waals surface area contributed by atoms with Crippen molar-refractivity contribution in [2.24, 2.45) is 0 Å². The number of carbonyl (C=O) groups excluding carboxylic acids is 1. The maximum atomic E-state index is 11.4. The summed E-state index contributed by atoms with van der Waals surface area (Å²) in [6.07, 6.45) is -0.550. The Morgan fingerprint density at radius 1 is 1.47 bits per heavy atom. The summed E-state index contributed by atoms with van der Waals surface area (Å²) in [4.78, 5) is 11.4. The minimum absolute atomic E-state index is 0. The van der Waals surface area contributed by atoms with Gasteiger partial charge < -0.3 is 10.1 Å². The van der Waals surface area contributed by atoms with Crippen LogP contribution >= 0.6 is 0 Å². The minimum atomic E-state index is -1.13. The van der Waals surface area contributed by atoms with Gasteiger partial charge in [-0.05, 0) is 6.92 Å². The standard InChI is InChI=1S/C12H11BNO2.C2H6.Rb/c1-7(2)8-5-4-6-9-10(8)14-11(15)16-12(9,3)13;1-2;/h5-6H,1H2,2-3H3,(H,14,15);1-2H3;/q-1;;+1. The molecule has 3 nitrogen and oxygen atoms in total. The summed E-state index contributed by atoms with van der Waals surface area (Å²) in [5.41, 5.74) is 1.90. The van der Waals surface area contributed by atoms with Crippen molar-refractivity contribution in [1.82, 2.24) is 0 Å². The number of cyclic esters (lactones) is 1. The third-order valence-electron chi connectivity index (χ3n) is 2.52. The predicted molar refractivity (Wildman–Crippen MR) is 74.5 cm³/mol. The molecule has 1 aliphatic rings. The van der Waals surface area contributed by atoms with Crippen LogP contribution in [-0.4, -0.2) is 13.9 Å². The number of anilines is 1. The largest absolute Gasteiger partial charge is 1.00 e. The van der Waals surface area contributed by atoms with Crippen LogP contribution in [0.5, 0.6) is 0 Å².